The first kappa shape index (κ1) is 17.6. The highest BCUT2D eigenvalue weighted by Crippen LogP contribution is 2.28. The molecule has 24 heavy (non-hydrogen) atoms. The second-order valence-corrected chi connectivity index (χ2v) is 5.16. The second kappa shape index (κ2) is 7.68. The number of carbonyl (C=O) groups is 1. The molecule has 0 fully saturated rings. The summed E-state index contributed by atoms with van der Waals surface area (Å²) >= 11 is 0. The molecule has 6 heteroatoms. The maximum atomic E-state index is 13.8. The zero-order valence-corrected chi connectivity index (χ0v) is 14.1. The number of methoxy groups -OCH3 is 3. The van der Waals surface area contributed by atoms with Crippen LogP contribution in [0, 0.1) is 5.82 Å². The van der Waals surface area contributed by atoms with Crippen molar-refractivity contribution >= 4 is 5.91 Å². The largest absolute Gasteiger partial charge is 0.494 e. The SMILES string of the molecule is COc1ccc([C@H](C)NC(=O)c2ccc(OC)c(OC)c2)cc1F. The lowest BCUT2D eigenvalue weighted by molar-refractivity contribution is 0.0939. The average molecular weight is 333 g/mol. The topological polar surface area (TPSA) is 56.8 Å². The summed E-state index contributed by atoms with van der Waals surface area (Å²) in [6, 6.07) is 9.11. The third kappa shape index (κ3) is 3.76. The van der Waals surface area contributed by atoms with Crippen LogP contribution in [-0.4, -0.2) is 27.2 Å². The first-order valence-electron chi connectivity index (χ1n) is 7.36. The molecule has 0 aromatic heterocycles. The van der Waals surface area contributed by atoms with E-state index in [1.807, 2.05) is 0 Å². The van der Waals surface area contributed by atoms with Gasteiger partial charge < -0.3 is 19.5 Å². The van der Waals surface area contributed by atoms with Crippen LogP contribution in [0.25, 0.3) is 0 Å². The summed E-state index contributed by atoms with van der Waals surface area (Å²) in [5, 5.41) is 2.82. The maximum Gasteiger partial charge on any atom is 0.251 e. The number of amides is 1. The van der Waals surface area contributed by atoms with Crippen molar-refractivity contribution in [1.29, 1.82) is 0 Å². The second-order valence-electron chi connectivity index (χ2n) is 5.16. The molecular formula is C18H20FNO4. The van der Waals surface area contributed by atoms with Gasteiger partial charge in [0.15, 0.2) is 23.1 Å². The van der Waals surface area contributed by atoms with Crippen LogP contribution in [-0.2, 0) is 0 Å². The Labute approximate surface area is 140 Å². The molecule has 1 N–H and O–H groups in total. The molecule has 1 amide bonds. The van der Waals surface area contributed by atoms with E-state index < -0.39 is 5.82 Å². The van der Waals surface area contributed by atoms with E-state index in [0.29, 0.717) is 22.6 Å². The van der Waals surface area contributed by atoms with E-state index >= 15 is 0 Å². The summed E-state index contributed by atoms with van der Waals surface area (Å²) in [5.41, 5.74) is 1.07. The molecule has 5 nitrogen and oxygen atoms in total. The molecule has 0 aliphatic rings. The lowest BCUT2D eigenvalue weighted by Crippen LogP contribution is -2.26. The lowest BCUT2D eigenvalue weighted by atomic mass is 10.1. The van der Waals surface area contributed by atoms with E-state index in [9.17, 15) is 9.18 Å². The third-order valence-electron chi connectivity index (χ3n) is 3.67. The Kier molecular flexibility index (Phi) is 5.63. The van der Waals surface area contributed by atoms with Gasteiger partial charge in [0.2, 0.25) is 0 Å². The Morgan fingerprint density at radius 2 is 1.58 bits per heavy atom. The smallest absolute Gasteiger partial charge is 0.251 e. The molecule has 0 spiro atoms. The molecule has 2 aromatic carbocycles. The zero-order valence-electron chi connectivity index (χ0n) is 14.1. The maximum absolute atomic E-state index is 13.8. The van der Waals surface area contributed by atoms with Gasteiger partial charge in [0.05, 0.1) is 27.4 Å². The molecule has 0 saturated heterocycles. The van der Waals surface area contributed by atoms with Crippen molar-refractivity contribution < 1.29 is 23.4 Å². The molecule has 0 bridgehead atoms. The number of ether oxygens (including phenoxy) is 3. The minimum Gasteiger partial charge on any atom is -0.494 e. The van der Waals surface area contributed by atoms with Crippen LogP contribution in [0.1, 0.15) is 28.9 Å². The van der Waals surface area contributed by atoms with Gasteiger partial charge in [-0.05, 0) is 42.8 Å². The molecule has 0 heterocycles. The van der Waals surface area contributed by atoms with Gasteiger partial charge >= 0.3 is 0 Å². The van der Waals surface area contributed by atoms with Crippen molar-refractivity contribution in [1.82, 2.24) is 5.32 Å². The molecule has 2 rings (SSSR count). The quantitative estimate of drug-likeness (QED) is 0.881. The summed E-state index contributed by atoms with van der Waals surface area (Å²) in [4.78, 5) is 12.4. The van der Waals surface area contributed by atoms with E-state index in [1.54, 1.807) is 31.2 Å². The molecule has 0 aliphatic carbocycles. The first-order chi connectivity index (χ1) is 11.5. The molecule has 2 aromatic rings. The highest BCUT2D eigenvalue weighted by molar-refractivity contribution is 5.95. The fourth-order valence-electron chi connectivity index (χ4n) is 2.29. The predicted molar refractivity (Wildman–Crippen MR) is 88.4 cm³/mol. The normalized spacial score (nSPS) is 11.5. The predicted octanol–water partition coefficient (Wildman–Crippen LogP) is 3.34. The number of rotatable bonds is 6. The highest BCUT2D eigenvalue weighted by atomic mass is 19.1. The molecule has 128 valence electrons. The fraction of sp³-hybridized carbons (Fsp3) is 0.278. The molecule has 0 unspecified atom stereocenters. The van der Waals surface area contributed by atoms with Gasteiger partial charge in [-0.2, -0.15) is 0 Å². The Bertz CT molecular complexity index is 733. The number of nitrogens with one attached hydrogen (secondary N) is 1. The summed E-state index contributed by atoms with van der Waals surface area (Å²) in [7, 11) is 4.43. The van der Waals surface area contributed by atoms with Crippen LogP contribution in [0.4, 0.5) is 4.39 Å². The van der Waals surface area contributed by atoms with Gasteiger partial charge in [0.1, 0.15) is 0 Å². The Morgan fingerprint density at radius 1 is 0.958 bits per heavy atom. The van der Waals surface area contributed by atoms with Crippen LogP contribution in [0.15, 0.2) is 36.4 Å². The third-order valence-corrected chi connectivity index (χ3v) is 3.67. The first-order valence-corrected chi connectivity index (χ1v) is 7.36. The van der Waals surface area contributed by atoms with E-state index in [1.165, 1.54) is 33.5 Å². The number of carbonyl (C=O) groups excluding carboxylic acids is 1. The zero-order chi connectivity index (χ0) is 17.7. The van der Waals surface area contributed by atoms with Crippen molar-refractivity contribution in [2.75, 3.05) is 21.3 Å². The number of benzene rings is 2. The van der Waals surface area contributed by atoms with Gasteiger partial charge in [0.25, 0.3) is 5.91 Å². The number of hydrogen-bond acceptors (Lipinski definition) is 4. The Morgan fingerprint density at radius 3 is 2.17 bits per heavy atom. The molecule has 0 radical (unpaired) electrons. The fourth-order valence-corrected chi connectivity index (χ4v) is 2.29. The van der Waals surface area contributed by atoms with Crippen molar-refractivity contribution in [3.63, 3.8) is 0 Å². The molecule has 1 atom stereocenters. The van der Waals surface area contributed by atoms with Crippen LogP contribution >= 0.6 is 0 Å². The molecular weight excluding hydrogens is 313 g/mol. The van der Waals surface area contributed by atoms with Gasteiger partial charge in [-0.25, -0.2) is 4.39 Å². The average Bonchev–Trinajstić information content (AvgIpc) is 2.60. The van der Waals surface area contributed by atoms with Gasteiger partial charge in [-0.3, -0.25) is 4.79 Å². The minimum atomic E-state index is -0.470. The minimum absolute atomic E-state index is 0.164. The molecule has 0 saturated carbocycles. The van der Waals surface area contributed by atoms with Crippen molar-refractivity contribution in [2.45, 2.75) is 13.0 Å². The summed E-state index contributed by atoms with van der Waals surface area (Å²) in [6.07, 6.45) is 0. The van der Waals surface area contributed by atoms with Crippen LogP contribution in [0.3, 0.4) is 0 Å². The summed E-state index contributed by atoms with van der Waals surface area (Å²) < 4.78 is 29.0. The Hall–Kier alpha value is -2.76. The van der Waals surface area contributed by atoms with Gasteiger partial charge in [-0.15, -0.1) is 0 Å². The molecule has 0 aliphatic heterocycles. The van der Waals surface area contributed by atoms with Crippen LogP contribution in [0.2, 0.25) is 0 Å². The summed E-state index contributed by atoms with van der Waals surface area (Å²) in [6.45, 7) is 1.78. The van der Waals surface area contributed by atoms with Gasteiger partial charge in [-0.1, -0.05) is 6.07 Å². The van der Waals surface area contributed by atoms with Crippen molar-refractivity contribution in [2.24, 2.45) is 0 Å². The van der Waals surface area contributed by atoms with E-state index in [0.717, 1.165) is 0 Å². The van der Waals surface area contributed by atoms with E-state index in [2.05, 4.69) is 5.32 Å². The number of halogens is 1. The van der Waals surface area contributed by atoms with E-state index in [-0.39, 0.29) is 17.7 Å². The lowest BCUT2D eigenvalue weighted by Gasteiger charge is -2.16. The number of hydrogen-bond donors (Lipinski definition) is 1. The highest BCUT2D eigenvalue weighted by Gasteiger charge is 2.15. The van der Waals surface area contributed by atoms with Crippen LogP contribution in [0.5, 0.6) is 17.2 Å². The monoisotopic (exact) mass is 333 g/mol. The Balaban J connectivity index is 2.15. The van der Waals surface area contributed by atoms with Gasteiger partial charge in [0, 0.05) is 5.56 Å². The van der Waals surface area contributed by atoms with Crippen molar-refractivity contribution in [3.05, 3.63) is 53.3 Å². The summed E-state index contributed by atoms with van der Waals surface area (Å²) in [5.74, 6) is 0.409. The van der Waals surface area contributed by atoms with E-state index in [4.69, 9.17) is 14.2 Å². The van der Waals surface area contributed by atoms with Crippen LogP contribution < -0.4 is 19.5 Å². The van der Waals surface area contributed by atoms with Crippen molar-refractivity contribution in [3.8, 4) is 17.2 Å². The standard InChI is InChI=1S/C18H20FNO4/c1-11(12-5-7-15(22-2)14(19)9-12)20-18(21)13-6-8-16(23-3)17(10-13)24-4/h5-11H,1-4H3,(H,20,21)/t11-/m0/s1.